The van der Waals surface area contributed by atoms with Crippen LogP contribution in [0.5, 0.6) is 0 Å². The van der Waals surface area contributed by atoms with Gasteiger partial charge in [-0.2, -0.15) is 0 Å². The molecule has 5 aliphatic rings. The number of oxime groups is 1. The van der Waals surface area contributed by atoms with Crippen molar-refractivity contribution in [1.29, 1.82) is 0 Å². The monoisotopic (exact) mass is 857 g/mol. The van der Waals surface area contributed by atoms with Crippen LogP contribution in [0.2, 0.25) is 0 Å². The van der Waals surface area contributed by atoms with Gasteiger partial charge in [-0.3, -0.25) is 23.9 Å². The van der Waals surface area contributed by atoms with Gasteiger partial charge in [0.15, 0.2) is 0 Å². The lowest BCUT2D eigenvalue weighted by molar-refractivity contribution is -0.148. The highest BCUT2D eigenvalue weighted by Gasteiger charge is 2.62. The molecule has 0 saturated heterocycles. The molecule has 4 N–H and O–H groups in total. The number of methoxy groups -OCH3 is 1. The van der Waals surface area contributed by atoms with Crippen LogP contribution in [0.25, 0.3) is 0 Å². The van der Waals surface area contributed by atoms with Crippen LogP contribution in [-0.4, -0.2) is 79.8 Å². The van der Waals surface area contributed by atoms with Crippen molar-refractivity contribution in [2.45, 2.75) is 127 Å². The summed E-state index contributed by atoms with van der Waals surface area (Å²) in [5.74, 6) is -5.89. The molecule has 0 heterocycles. The fourth-order valence-electron chi connectivity index (χ4n) is 9.39. The third kappa shape index (κ3) is 9.56. The van der Waals surface area contributed by atoms with Crippen LogP contribution in [0.15, 0.2) is 66.3 Å². The van der Waals surface area contributed by atoms with Crippen molar-refractivity contribution in [3.63, 3.8) is 0 Å². The van der Waals surface area contributed by atoms with Gasteiger partial charge in [0, 0.05) is 17.0 Å². The molecular formula is C46H59N5O9S. The lowest BCUT2D eigenvalue weighted by Gasteiger charge is -2.35. The number of esters is 1. The van der Waals surface area contributed by atoms with Crippen LogP contribution in [0, 0.1) is 29.1 Å². The number of ether oxygens (including phenoxy) is 1. The van der Waals surface area contributed by atoms with Gasteiger partial charge in [-0.15, -0.1) is 6.58 Å². The first-order chi connectivity index (χ1) is 29.1. The van der Waals surface area contributed by atoms with E-state index >= 15 is 0 Å². The number of carbonyl (C=O) groups is 5. The average molecular weight is 858 g/mol. The van der Waals surface area contributed by atoms with E-state index in [1.165, 1.54) is 13.2 Å². The Hall–Kier alpha value is -5.05. The second kappa shape index (κ2) is 17.7. The largest absolute Gasteiger partial charge is 0.467 e. The van der Waals surface area contributed by atoms with Gasteiger partial charge in [0.1, 0.15) is 29.4 Å². The van der Waals surface area contributed by atoms with Crippen LogP contribution in [0.3, 0.4) is 0 Å². The van der Waals surface area contributed by atoms with E-state index < -0.39 is 91.8 Å². The SMILES string of the molecule is C=C[C@@H]1C[C@]1(NC(=O)[C@@H]1C[C@@H](ON=C2c3ccccc3CCc3ccccc32)C[C@H]1C(=O)N[C@@H](C(=O)N[C@@H](C(=O)OC)C1CCCCC1)C(C)(C)C)C(=O)NS(=O)(=O)C1CC1. The number of rotatable bonds is 14. The van der Waals surface area contributed by atoms with Crippen LogP contribution in [0.4, 0.5) is 0 Å². The number of carbonyl (C=O) groups excluding carboxylic acids is 5. The zero-order valence-corrected chi connectivity index (χ0v) is 36.4. The van der Waals surface area contributed by atoms with Crippen molar-refractivity contribution in [2.24, 2.45) is 34.2 Å². The van der Waals surface area contributed by atoms with Crippen molar-refractivity contribution in [3.05, 3.63) is 83.4 Å². The fourth-order valence-corrected chi connectivity index (χ4v) is 10.8. The molecule has 7 atom stereocenters. The summed E-state index contributed by atoms with van der Waals surface area (Å²) in [5.41, 5.74) is 2.31. The Morgan fingerprint density at radius 3 is 1.98 bits per heavy atom. The molecule has 4 saturated carbocycles. The Morgan fingerprint density at radius 1 is 0.852 bits per heavy atom. The summed E-state index contributed by atoms with van der Waals surface area (Å²) >= 11 is 0. The number of nitrogens with zero attached hydrogens (tertiary/aromatic N) is 1. The molecule has 15 heteroatoms. The number of sulfonamides is 1. The summed E-state index contributed by atoms with van der Waals surface area (Å²) < 4.78 is 32.9. The minimum Gasteiger partial charge on any atom is -0.467 e. The number of nitrogens with one attached hydrogen (secondary N) is 4. The van der Waals surface area contributed by atoms with Gasteiger partial charge >= 0.3 is 5.97 Å². The summed E-state index contributed by atoms with van der Waals surface area (Å²) in [6.07, 6.45) is 7.96. The van der Waals surface area contributed by atoms with Crippen LogP contribution in [-0.2, 0) is 56.4 Å². The summed E-state index contributed by atoms with van der Waals surface area (Å²) in [6.45, 7) is 9.21. The van der Waals surface area contributed by atoms with Gasteiger partial charge in [0.2, 0.25) is 27.7 Å². The quantitative estimate of drug-likeness (QED) is 0.121. The predicted molar refractivity (Wildman–Crippen MR) is 228 cm³/mol. The van der Waals surface area contributed by atoms with E-state index in [1.54, 1.807) is 20.8 Å². The fraction of sp³-hybridized carbons (Fsp3) is 0.565. The minimum absolute atomic E-state index is 0.0410. The molecule has 0 radical (unpaired) electrons. The molecular weight excluding hydrogens is 799 g/mol. The van der Waals surface area contributed by atoms with Gasteiger partial charge in [-0.25, -0.2) is 13.2 Å². The molecule has 2 aromatic carbocycles. The third-order valence-corrected chi connectivity index (χ3v) is 15.1. The molecule has 5 aliphatic carbocycles. The molecule has 4 amide bonds. The Labute approximate surface area is 358 Å². The van der Waals surface area contributed by atoms with Gasteiger partial charge in [0.25, 0.3) is 5.91 Å². The zero-order chi connectivity index (χ0) is 43.7. The number of benzene rings is 2. The number of aryl methyl sites for hydroxylation is 2. The number of hydrogen-bond acceptors (Lipinski definition) is 10. The molecule has 7 rings (SSSR count). The Balaban J connectivity index is 1.16. The highest BCUT2D eigenvalue weighted by atomic mass is 32.2. The molecule has 4 fully saturated rings. The zero-order valence-electron chi connectivity index (χ0n) is 35.5. The maximum atomic E-state index is 14.6. The smallest absolute Gasteiger partial charge is 0.328 e. The average Bonchev–Trinajstić information content (AvgIpc) is 4.18. The van der Waals surface area contributed by atoms with Crippen molar-refractivity contribution < 1.29 is 42.0 Å². The maximum Gasteiger partial charge on any atom is 0.328 e. The van der Waals surface area contributed by atoms with Gasteiger partial charge in [-0.1, -0.05) is 99.8 Å². The lowest BCUT2D eigenvalue weighted by atomic mass is 9.82. The predicted octanol–water partition coefficient (Wildman–Crippen LogP) is 4.39. The molecule has 61 heavy (non-hydrogen) atoms. The van der Waals surface area contributed by atoms with E-state index in [-0.39, 0.29) is 25.2 Å². The summed E-state index contributed by atoms with van der Waals surface area (Å²) in [6, 6.07) is 14.0. The second-order valence-corrected chi connectivity index (χ2v) is 20.5. The van der Waals surface area contributed by atoms with Crippen LogP contribution < -0.4 is 20.7 Å². The summed E-state index contributed by atoms with van der Waals surface area (Å²) in [5, 5.41) is 12.7. The van der Waals surface area contributed by atoms with Crippen molar-refractivity contribution in [2.75, 3.05) is 7.11 Å². The van der Waals surface area contributed by atoms with E-state index in [1.807, 2.05) is 36.4 Å². The molecule has 0 bridgehead atoms. The van der Waals surface area contributed by atoms with Gasteiger partial charge < -0.3 is 25.5 Å². The minimum atomic E-state index is -3.92. The maximum absolute atomic E-state index is 14.6. The van der Waals surface area contributed by atoms with E-state index in [4.69, 9.17) is 14.7 Å². The Morgan fingerprint density at radius 2 is 1.44 bits per heavy atom. The molecule has 14 nitrogen and oxygen atoms in total. The van der Waals surface area contributed by atoms with E-state index in [2.05, 4.69) is 39.4 Å². The molecule has 2 aromatic rings. The third-order valence-electron chi connectivity index (χ3n) is 13.2. The second-order valence-electron chi connectivity index (χ2n) is 18.6. The van der Waals surface area contributed by atoms with Crippen molar-refractivity contribution in [3.8, 4) is 0 Å². The van der Waals surface area contributed by atoms with E-state index in [0.717, 1.165) is 67.2 Å². The topological polar surface area (TPSA) is 198 Å². The van der Waals surface area contributed by atoms with E-state index in [9.17, 15) is 32.4 Å². The first-order valence-corrected chi connectivity index (χ1v) is 23.2. The molecule has 0 spiro atoms. The molecule has 0 unspecified atom stereocenters. The Bertz CT molecular complexity index is 2140. The standard InChI is InChI=1S/C46H59N5O9S/c1-6-30-26-46(30,44(56)51-61(57,58)32-22-23-32)49-41(53)36-25-31(60-50-38-33-18-12-10-14-27(33)20-21-28-15-11-13-19-34(28)38)24-35(36)40(52)48-39(45(2,3)4)42(54)47-37(43(55)59-5)29-16-8-7-9-17-29/h6,10-15,18-19,29-32,35-37,39H,1,7-9,16-17,20-26H2,2-5H3,(H,47,54)(H,48,52)(H,49,53)(H,51,56)/t30-,31+,35-,36-,37-,39+,46-/m1/s1. The highest BCUT2D eigenvalue weighted by Crippen LogP contribution is 2.46. The van der Waals surface area contributed by atoms with Crippen LogP contribution >= 0.6 is 0 Å². The summed E-state index contributed by atoms with van der Waals surface area (Å²) in [7, 11) is -2.64. The first kappa shape index (κ1) is 44.0. The first-order valence-electron chi connectivity index (χ1n) is 21.7. The Kier molecular flexibility index (Phi) is 12.8. The van der Waals surface area contributed by atoms with Gasteiger partial charge in [0.05, 0.1) is 24.2 Å². The molecule has 328 valence electrons. The number of hydrogen-bond donors (Lipinski definition) is 4. The molecule has 0 aliphatic heterocycles. The number of fused-ring (bicyclic) bond motifs is 2. The summed E-state index contributed by atoms with van der Waals surface area (Å²) in [4.78, 5) is 76.2. The lowest BCUT2D eigenvalue weighted by Crippen LogP contribution is -2.59. The van der Waals surface area contributed by atoms with Crippen molar-refractivity contribution >= 4 is 45.3 Å². The van der Waals surface area contributed by atoms with E-state index in [0.29, 0.717) is 18.6 Å². The normalized spacial score (nSPS) is 25.9. The highest BCUT2D eigenvalue weighted by molar-refractivity contribution is 7.91. The van der Waals surface area contributed by atoms with Gasteiger partial charge in [-0.05, 0) is 80.2 Å². The number of amides is 4. The molecule has 0 aromatic heterocycles. The van der Waals surface area contributed by atoms with Crippen molar-refractivity contribution in [1.82, 2.24) is 20.7 Å². The van der Waals surface area contributed by atoms with Crippen LogP contribution in [0.1, 0.15) is 107 Å².